The van der Waals surface area contributed by atoms with E-state index in [0.29, 0.717) is 23.6 Å². The lowest BCUT2D eigenvalue weighted by molar-refractivity contribution is -0.118. The van der Waals surface area contributed by atoms with Crippen LogP contribution in [0.5, 0.6) is 5.75 Å². The summed E-state index contributed by atoms with van der Waals surface area (Å²) in [5.74, 6) is 0.0965. The van der Waals surface area contributed by atoms with E-state index in [0.717, 1.165) is 4.47 Å². The Kier molecular flexibility index (Phi) is 7.21. The SMILES string of the molecule is CCOc1ccc(C(=O)NC(C(=O)Nc2cccc(Br)c2)C(C)C)cc1. The average Bonchev–Trinajstić information content (AvgIpc) is 2.60. The minimum atomic E-state index is -0.645. The first kappa shape index (κ1) is 20.0. The van der Waals surface area contributed by atoms with E-state index in [-0.39, 0.29) is 17.7 Å². The molecular formula is C20H23BrN2O3. The fourth-order valence-electron chi connectivity index (χ4n) is 2.41. The number of nitrogens with one attached hydrogen (secondary N) is 2. The maximum atomic E-state index is 12.6. The quantitative estimate of drug-likeness (QED) is 0.706. The van der Waals surface area contributed by atoms with E-state index in [4.69, 9.17) is 4.74 Å². The zero-order valence-electron chi connectivity index (χ0n) is 15.1. The second kappa shape index (κ2) is 9.38. The molecule has 0 saturated heterocycles. The van der Waals surface area contributed by atoms with Gasteiger partial charge in [-0.1, -0.05) is 35.8 Å². The largest absolute Gasteiger partial charge is 0.494 e. The molecule has 0 aromatic heterocycles. The van der Waals surface area contributed by atoms with Crippen LogP contribution in [0, 0.1) is 5.92 Å². The summed E-state index contributed by atoms with van der Waals surface area (Å²) in [5, 5.41) is 5.66. The van der Waals surface area contributed by atoms with E-state index >= 15 is 0 Å². The van der Waals surface area contributed by atoms with Crippen molar-refractivity contribution in [1.82, 2.24) is 5.32 Å². The number of rotatable bonds is 7. The number of hydrogen-bond acceptors (Lipinski definition) is 3. The van der Waals surface area contributed by atoms with Crippen molar-refractivity contribution in [3.8, 4) is 5.75 Å². The zero-order chi connectivity index (χ0) is 19.1. The van der Waals surface area contributed by atoms with E-state index in [1.165, 1.54) is 0 Å². The predicted octanol–water partition coefficient (Wildman–Crippen LogP) is 4.24. The summed E-state index contributed by atoms with van der Waals surface area (Å²) in [6, 6.07) is 13.5. The fraction of sp³-hybridized carbons (Fsp3) is 0.300. The lowest BCUT2D eigenvalue weighted by Crippen LogP contribution is -2.47. The molecule has 26 heavy (non-hydrogen) atoms. The smallest absolute Gasteiger partial charge is 0.251 e. The second-order valence-corrected chi connectivity index (χ2v) is 7.07. The lowest BCUT2D eigenvalue weighted by atomic mass is 10.0. The summed E-state index contributed by atoms with van der Waals surface area (Å²) in [4.78, 5) is 25.1. The average molecular weight is 419 g/mol. The summed E-state index contributed by atoms with van der Waals surface area (Å²) >= 11 is 3.37. The molecule has 0 heterocycles. The van der Waals surface area contributed by atoms with Gasteiger partial charge in [0, 0.05) is 15.7 Å². The summed E-state index contributed by atoms with van der Waals surface area (Å²) in [6.07, 6.45) is 0. The highest BCUT2D eigenvalue weighted by atomic mass is 79.9. The van der Waals surface area contributed by atoms with Crippen LogP contribution in [-0.2, 0) is 4.79 Å². The van der Waals surface area contributed by atoms with Gasteiger partial charge in [-0.15, -0.1) is 0 Å². The van der Waals surface area contributed by atoms with Gasteiger partial charge in [-0.05, 0) is 55.3 Å². The number of anilines is 1. The third-order valence-corrected chi connectivity index (χ3v) is 4.25. The number of amides is 2. The molecule has 6 heteroatoms. The van der Waals surface area contributed by atoms with Crippen molar-refractivity contribution in [2.45, 2.75) is 26.8 Å². The second-order valence-electron chi connectivity index (χ2n) is 6.15. The topological polar surface area (TPSA) is 67.4 Å². The number of carbonyl (C=O) groups excluding carboxylic acids is 2. The molecule has 2 aromatic carbocycles. The predicted molar refractivity (Wildman–Crippen MR) is 106 cm³/mol. The van der Waals surface area contributed by atoms with Gasteiger partial charge in [0.2, 0.25) is 5.91 Å². The van der Waals surface area contributed by atoms with Crippen LogP contribution < -0.4 is 15.4 Å². The van der Waals surface area contributed by atoms with Crippen molar-refractivity contribution in [2.24, 2.45) is 5.92 Å². The molecule has 0 aliphatic heterocycles. The van der Waals surface area contributed by atoms with Crippen LogP contribution in [0.3, 0.4) is 0 Å². The van der Waals surface area contributed by atoms with Crippen LogP contribution >= 0.6 is 15.9 Å². The summed E-state index contributed by atoms with van der Waals surface area (Å²) < 4.78 is 6.24. The molecule has 1 unspecified atom stereocenters. The van der Waals surface area contributed by atoms with Crippen molar-refractivity contribution in [2.75, 3.05) is 11.9 Å². The molecule has 138 valence electrons. The van der Waals surface area contributed by atoms with E-state index in [2.05, 4.69) is 26.6 Å². The van der Waals surface area contributed by atoms with Gasteiger partial charge in [-0.25, -0.2) is 0 Å². The van der Waals surface area contributed by atoms with Crippen molar-refractivity contribution >= 4 is 33.4 Å². The van der Waals surface area contributed by atoms with Crippen molar-refractivity contribution < 1.29 is 14.3 Å². The van der Waals surface area contributed by atoms with Gasteiger partial charge in [-0.2, -0.15) is 0 Å². The number of hydrogen-bond donors (Lipinski definition) is 2. The Bertz CT molecular complexity index is 760. The molecular weight excluding hydrogens is 396 g/mol. The highest BCUT2D eigenvalue weighted by molar-refractivity contribution is 9.10. The maximum Gasteiger partial charge on any atom is 0.251 e. The number of ether oxygens (including phenoxy) is 1. The Labute approximate surface area is 162 Å². The van der Waals surface area contributed by atoms with Gasteiger partial charge in [0.15, 0.2) is 0 Å². The fourth-order valence-corrected chi connectivity index (χ4v) is 2.81. The minimum absolute atomic E-state index is 0.0613. The molecule has 2 N–H and O–H groups in total. The number of benzene rings is 2. The highest BCUT2D eigenvalue weighted by Gasteiger charge is 2.24. The molecule has 1 atom stereocenters. The number of carbonyl (C=O) groups is 2. The Balaban J connectivity index is 2.06. The Hall–Kier alpha value is -2.34. The molecule has 2 amide bonds. The van der Waals surface area contributed by atoms with Crippen LogP contribution in [0.15, 0.2) is 53.0 Å². The summed E-state index contributed by atoms with van der Waals surface area (Å²) in [7, 11) is 0. The van der Waals surface area contributed by atoms with E-state index in [1.54, 1.807) is 30.3 Å². The van der Waals surface area contributed by atoms with Gasteiger partial charge in [0.25, 0.3) is 5.91 Å². The molecule has 2 rings (SSSR count). The molecule has 0 aliphatic carbocycles. The maximum absolute atomic E-state index is 12.6. The van der Waals surface area contributed by atoms with Gasteiger partial charge >= 0.3 is 0 Å². The molecule has 0 spiro atoms. The van der Waals surface area contributed by atoms with Crippen LogP contribution in [0.4, 0.5) is 5.69 Å². The summed E-state index contributed by atoms with van der Waals surface area (Å²) in [5.41, 5.74) is 1.15. The Morgan fingerprint density at radius 1 is 1.12 bits per heavy atom. The molecule has 0 bridgehead atoms. The monoisotopic (exact) mass is 418 g/mol. The summed E-state index contributed by atoms with van der Waals surface area (Å²) in [6.45, 7) is 6.25. The van der Waals surface area contributed by atoms with E-state index in [1.807, 2.05) is 39.0 Å². The van der Waals surface area contributed by atoms with Gasteiger partial charge in [0.1, 0.15) is 11.8 Å². The van der Waals surface area contributed by atoms with Crippen LogP contribution in [0.25, 0.3) is 0 Å². The third kappa shape index (κ3) is 5.59. The van der Waals surface area contributed by atoms with Crippen molar-refractivity contribution in [3.05, 3.63) is 58.6 Å². The minimum Gasteiger partial charge on any atom is -0.494 e. The Morgan fingerprint density at radius 3 is 2.38 bits per heavy atom. The molecule has 0 aliphatic rings. The first-order valence-corrected chi connectivity index (χ1v) is 9.30. The third-order valence-electron chi connectivity index (χ3n) is 3.76. The van der Waals surface area contributed by atoms with Crippen molar-refractivity contribution in [3.63, 3.8) is 0 Å². The van der Waals surface area contributed by atoms with Crippen LogP contribution in [-0.4, -0.2) is 24.5 Å². The highest BCUT2D eigenvalue weighted by Crippen LogP contribution is 2.17. The standard InChI is InChI=1S/C20H23BrN2O3/c1-4-26-17-10-8-14(9-11-17)19(24)23-18(13(2)3)20(25)22-16-7-5-6-15(21)12-16/h5-13,18H,4H2,1-3H3,(H,22,25)(H,23,24). The molecule has 2 aromatic rings. The van der Waals surface area contributed by atoms with Crippen LogP contribution in [0.1, 0.15) is 31.1 Å². The Morgan fingerprint density at radius 2 is 1.81 bits per heavy atom. The van der Waals surface area contributed by atoms with Gasteiger partial charge < -0.3 is 15.4 Å². The van der Waals surface area contributed by atoms with Gasteiger partial charge in [-0.3, -0.25) is 9.59 Å². The first-order valence-electron chi connectivity index (χ1n) is 8.51. The molecule has 0 saturated carbocycles. The van der Waals surface area contributed by atoms with E-state index < -0.39 is 6.04 Å². The molecule has 0 fully saturated rings. The number of halogens is 1. The molecule has 5 nitrogen and oxygen atoms in total. The lowest BCUT2D eigenvalue weighted by Gasteiger charge is -2.22. The van der Waals surface area contributed by atoms with Gasteiger partial charge in [0.05, 0.1) is 6.61 Å². The normalized spacial score (nSPS) is 11.7. The van der Waals surface area contributed by atoms with E-state index in [9.17, 15) is 9.59 Å². The first-order chi connectivity index (χ1) is 12.4. The zero-order valence-corrected chi connectivity index (χ0v) is 16.7. The molecule has 0 radical (unpaired) electrons. The van der Waals surface area contributed by atoms with Crippen molar-refractivity contribution in [1.29, 1.82) is 0 Å². The van der Waals surface area contributed by atoms with Crippen LogP contribution in [0.2, 0.25) is 0 Å².